The van der Waals surface area contributed by atoms with E-state index < -0.39 is 0 Å². The zero-order valence-electron chi connectivity index (χ0n) is 42.0. The molecule has 12 aromatic rings. The second-order valence-corrected chi connectivity index (χ2v) is 20.7. The smallest absolute Gasteiger partial charge is 0.0629 e. The van der Waals surface area contributed by atoms with Crippen molar-refractivity contribution in [2.45, 2.75) is 18.4 Å². The van der Waals surface area contributed by atoms with E-state index in [0.29, 0.717) is 0 Å². The van der Waals surface area contributed by atoms with Gasteiger partial charge in [-0.1, -0.05) is 218 Å². The van der Waals surface area contributed by atoms with Gasteiger partial charge in [0, 0.05) is 39.7 Å². The first kappa shape index (κ1) is 44.0. The van der Waals surface area contributed by atoms with E-state index in [0.717, 1.165) is 12.1 Å². The normalized spacial score (nSPS) is 16.4. The molecule has 2 heterocycles. The quantitative estimate of drug-likeness (QED) is 0.147. The lowest BCUT2D eigenvalue weighted by Gasteiger charge is -2.31. The Bertz CT molecular complexity index is 4430. The fraction of sp³-hybridized carbons (Fsp3) is 0.0541. The molecule has 3 atom stereocenters. The van der Waals surface area contributed by atoms with Gasteiger partial charge < -0.3 is 9.47 Å². The number of allylic oxidation sites excluding steroid dienone is 2. The Morgan fingerprint density at radius 1 is 0.355 bits per heavy atom. The van der Waals surface area contributed by atoms with Gasteiger partial charge in [0.25, 0.3) is 0 Å². The third-order valence-electron chi connectivity index (χ3n) is 16.4. The zero-order valence-corrected chi connectivity index (χ0v) is 42.0. The van der Waals surface area contributed by atoms with Crippen LogP contribution in [0, 0.1) is 5.92 Å². The summed E-state index contributed by atoms with van der Waals surface area (Å²) in [4.78, 5) is 2.53. The molecule has 0 saturated heterocycles. The molecule has 358 valence electrons. The van der Waals surface area contributed by atoms with Crippen molar-refractivity contribution < 1.29 is 0 Å². The summed E-state index contributed by atoms with van der Waals surface area (Å²) in [6.45, 7) is 0. The van der Waals surface area contributed by atoms with E-state index in [1.165, 1.54) is 121 Å². The highest BCUT2D eigenvalue weighted by molar-refractivity contribution is 6.12. The summed E-state index contributed by atoms with van der Waals surface area (Å²) in [6.07, 6.45) is 13.6. The van der Waals surface area contributed by atoms with E-state index in [9.17, 15) is 0 Å². The van der Waals surface area contributed by atoms with Crippen LogP contribution in [0.1, 0.15) is 17.9 Å². The summed E-state index contributed by atoms with van der Waals surface area (Å²) in [5.74, 6) is 0.428. The molecular weight excluding hydrogens is 917 g/mol. The van der Waals surface area contributed by atoms with Crippen molar-refractivity contribution in [1.82, 2.24) is 4.57 Å². The van der Waals surface area contributed by atoms with Crippen molar-refractivity contribution in [3.8, 4) is 61.3 Å². The third kappa shape index (κ3) is 7.32. The Balaban J connectivity index is 0.964. The molecule has 0 N–H and O–H groups in total. The number of rotatable bonds is 8. The lowest BCUT2D eigenvalue weighted by Crippen LogP contribution is -2.34. The fourth-order valence-corrected chi connectivity index (χ4v) is 12.9. The molecule has 0 fully saturated rings. The lowest BCUT2D eigenvalue weighted by molar-refractivity contribution is 0.717. The summed E-state index contributed by atoms with van der Waals surface area (Å²) in [6, 6.07) is 94.2. The van der Waals surface area contributed by atoms with Crippen molar-refractivity contribution in [2.24, 2.45) is 5.92 Å². The standard InChI is InChI=1S/C74H52N2/c1-5-19-49(20-6-1)51-23-17-25-57(43-51)73-63-39-35-54(56-38-42-72-66(46-56)62-32-14-16-34-70(62)76(72)60-29-11-4-12-30-60)48-68(63)74(58-26-18-24-52(44-58)50-21-7-2-8-22-50)64-40-36-53(47-67(64)73)55-37-41-71-65(45-55)61-31-13-15-33-69(61)75(71)59-27-9-3-10-28-59/h1-35,37-48,53,65,71H,36H2. The second kappa shape index (κ2) is 18.2. The van der Waals surface area contributed by atoms with Gasteiger partial charge in [-0.05, 0) is 161 Å². The number of fused-ring (bicyclic) bond motifs is 8. The molecule has 1 aliphatic heterocycles. The molecule has 0 spiro atoms. The number of para-hydroxylation sites is 4. The van der Waals surface area contributed by atoms with Gasteiger partial charge in [-0.15, -0.1) is 0 Å². The molecule has 2 aliphatic carbocycles. The maximum atomic E-state index is 2.63. The van der Waals surface area contributed by atoms with Crippen molar-refractivity contribution in [3.63, 3.8) is 0 Å². The molecule has 76 heavy (non-hydrogen) atoms. The van der Waals surface area contributed by atoms with Gasteiger partial charge in [-0.25, -0.2) is 0 Å². The largest absolute Gasteiger partial charge is 0.333 e. The van der Waals surface area contributed by atoms with E-state index in [1.807, 2.05) is 0 Å². The average molecular weight is 969 g/mol. The van der Waals surface area contributed by atoms with Crippen LogP contribution < -0.4 is 15.3 Å². The number of nitrogens with zero attached hydrogens (tertiary/aromatic N) is 2. The number of hydrogen-bond donors (Lipinski definition) is 0. The van der Waals surface area contributed by atoms with Gasteiger partial charge in [0.1, 0.15) is 0 Å². The number of hydrogen-bond acceptors (Lipinski definition) is 1. The van der Waals surface area contributed by atoms with Crippen LogP contribution in [0.3, 0.4) is 0 Å². The van der Waals surface area contributed by atoms with Gasteiger partial charge in [0.2, 0.25) is 0 Å². The first-order chi connectivity index (χ1) is 37.7. The highest BCUT2D eigenvalue weighted by Crippen LogP contribution is 2.49. The molecule has 15 rings (SSSR count). The van der Waals surface area contributed by atoms with Crippen LogP contribution in [-0.4, -0.2) is 10.6 Å². The monoisotopic (exact) mass is 968 g/mol. The molecule has 0 bridgehead atoms. The van der Waals surface area contributed by atoms with Crippen molar-refractivity contribution in [3.05, 3.63) is 295 Å². The molecule has 0 radical (unpaired) electrons. The summed E-state index contributed by atoms with van der Waals surface area (Å²) in [7, 11) is 0. The molecule has 11 aromatic carbocycles. The maximum absolute atomic E-state index is 2.63. The molecule has 0 saturated carbocycles. The van der Waals surface area contributed by atoms with E-state index in [1.54, 1.807) is 0 Å². The predicted octanol–water partition coefficient (Wildman–Crippen LogP) is 17.7. The second-order valence-electron chi connectivity index (χ2n) is 20.7. The predicted molar refractivity (Wildman–Crippen MR) is 321 cm³/mol. The maximum Gasteiger partial charge on any atom is 0.0629 e. The van der Waals surface area contributed by atoms with Crippen molar-refractivity contribution >= 4 is 56.1 Å². The highest BCUT2D eigenvalue weighted by Gasteiger charge is 2.38. The molecule has 1 aromatic heterocycles. The summed E-state index contributed by atoms with van der Waals surface area (Å²) in [5, 5.41) is 7.59. The first-order valence-corrected chi connectivity index (χ1v) is 26.8. The molecule has 2 nitrogen and oxygen atoms in total. The van der Waals surface area contributed by atoms with Gasteiger partial charge in [-0.3, -0.25) is 0 Å². The van der Waals surface area contributed by atoms with Gasteiger partial charge in [0.15, 0.2) is 0 Å². The van der Waals surface area contributed by atoms with Crippen LogP contribution in [0.4, 0.5) is 11.4 Å². The summed E-state index contributed by atoms with van der Waals surface area (Å²) < 4.78 is 2.40. The van der Waals surface area contributed by atoms with E-state index in [2.05, 4.69) is 295 Å². The Hall–Kier alpha value is -9.50. The fourth-order valence-electron chi connectivity index (χ4n) is 12.9. The minimum absolute atomic E-state index is 0.184. The Morgan fingerprint density at radius 2 is 0.895 bits per heavy atom. The average Bonchev–Trinajstić information content (AvgIpc) is 4.03. The topological polar surface area (TPSA) is 8.17 Å². The van der Waals surface area contributed by atoms with Crippen LogP contribution in [0.2, 0.25) is 0 Å². The van der Waals surface area contributed by atoms with Crippen LogP contribution >= 0.6 is 0 Å². The molecular formula is C74H52N2. The Morgan fingerprint density at radius 3 is 1.61 bits per heavy atom. The molecule has 0 amide bonds. The number of anilines is 2. The number of aromatic nitrogens is 1. The summed E-state index contributed by atoms with van der Waals surface area (Å²) >= 11 is 0. The van der Waals surface area contributed by atoms with Gasteiger partial charge >= 0.3 is 0 Å². The van der Waals surface area contributed by atoms with Crippen LogP contribution in [0.5, 0.6) is 0 Å². The molecule has 3 unspecified atom stereocenters. The molecule has 3 aliphatic rings. The van der Waals surface area contributed by atoms with E-state index in [-0.39, 0.29) is 17.9 Å². The Labute approximate surface area is 443 Å². The van der Waals surface area contributed by atoms with Crippen LogP contribution in [-0.2, 0) is 0 Å². The third-order valence-corrected chi connectivity index (χ3v) is 16.4. The van der Waals surface area contributed by atoms with Gasteiger partial charge in [-0.2, -0.15) is 0 Å². The SMILES string of the molecule is C1=CC2C(C=C1C1C=c3c(-c4cccc(-c5ccccc5)c4)c4ccc(-c5ccc6c(c5)c5ccccc5n6-c5ccccc5)cc4c(-c4cccc(-c5ccccc5)c4)c3=CC1)c1ccccc1N2c1ccccc1. The minimum atomic E-state index is 0.184. The molecule has 2 heteroatoms. The lowest BCUT2D eigenvalue weighted by atomic mass is 9.79. The van der Waals surface area contributed by atoms with Crippen LogP contribution in [0.25, 0.3) is 106 Å². The zero-order chi connectivity index (χ0) is 50.1. The number of benzene rings is 11. The van der Waals surface area contributed by atoms with Crippen molar-refractivity contribution in [2.75, 3.05) is 4.90 Å². The van der Waals surface area contributed by atoms with Gasteiger partial charge in [0.05, 0.1) is 17.1 Å². The Kier molecular flexibility index (Phi) is 10.5. The van der Waals surface area contributed by atoms with Crippen LogP contribution in [0.15, 0.2) is 279 Å². The van der Waals surface area contributed by atoms with E-state index in [4.69, 9.17) is 0 Å². The minimum Gasteiger partial charge on any atom is -0.333 e. The summed E-state index contributed by atoms with van der Waals surface area (Å²) in [5.41, 5.74) is 21.1. The van der Waals surface area contributed by atoms with Crippen molar-refractivity contribution in [1.29, 1.82) is 0 Å². The highest BCUT2D eigenvalue weighted by atomic mass is 15.2. The van der Waals surface area contributed by atoms with E-state index >= 15 is 0 Å². The first-order valence-electron chi connectivity index (χ1n) is 26.8.